The van der Waals surface area contributed by atoms with Gasteiger partial charge in [0, 0.05) is 11.6 Å². The number of fused-ring (bicyclic) bond motifs is 1. The highest BCUT2D eigenvalue weighted by Gasteiger charge is 2.11. The summed E-state index contributed by atoms with van der Waals surface area (Å²) in [5.41, 5.74) is 4.48. The van der Waals surface area contributed by atoms with Gasteiger partial charge in [0.2, 0.25) is 0 Å². The summed E-state index contributed by atoms with van der Waals surface area (Å²) in [5.74, 6) is 2.30. The molecule has 1 unspecified atom stereocenters. The van der Waals surface area contributed by atoms with Crippen LogP contribution in [0, 0.1) is 6.92 Å². The minimum absolute atomic E-state index is 0.0685. The molecular weight excluding hydrogens is 340 g/mol. The zero-order chi connectivity index (χ0) is 18.8. The second kappa shape index (κ2) is 7.07. The molecule has 27 heavy (non-hydrogen) atoms. The third kappa shape index (κ3) is 3.60. The van der Waals surface area contributed by atoms with Crippen LogP contribution in [0.3, 0.4) is 0 Å². The van der Waals surface area contributed by atoms with Crippen LogP contribution < -0.4 is 10.1 Å². The normalized spacial score (nSPS) is 12.1. The highest BCUT2D eigenvalue weighted by atomic mass is 16.5. The van der Waals surface area contributed by atoms with Gasteiger partial charge in [-0.3, -0.25) is 0 Å². The van der Waals surface area contributed by atoms with E-state index >= 15 is 0 Å². The number of rotatable bonds is 5. The molecule has 0 saturated carbocycles. The van der Waals surface area contributed by atoms with Crippen molar-refractivity contribution in [2.45, 2.75) is 19.9 Å². The number of benzene rings is 2. The van der Waals surface area contributed by atoms with Gasteiger partial charge in [-0.1, -0.05) is 18.2 Å². The predicted molar refractivity (Wildman–Crippen MR) is 105 cm³/mol. The van der Waals surface area contributed by atoms with Crippen molar-refractivity contribution in [3.05, 3.63) is 66.3 Å². The van der Waals surface area contributed by atoms with E-state index in [0.717, 1.165) is 39.5 Å². The third-order valence-corrected chi connectivity index (χ3v) is 4.42. The smallest absolute Gasteiger partial charge is 0.181 e. The zero-order valence-corrected chi connectivity index (χ0v) is 15.4. The number of methoxy groups -OCH3 is 1. The monoisotopic (exact) mass is 360 g/mol. The molecule has 6 heteroatoms. The molecule has 1 atom stereocenters. The Labute approximate surface area is 157 Å². The number of nitrogens with zero attached hydrogens (tertiary/aromatic N) is 3. The maximum atomic E-state index is 5.40. The van der Waals surface area contributed by atoms with E-state index in [-0.39, 0.29) is 6.04 Å². The molecule has 4 rings (SSSR count). The number of oxazole rings is 1. The fourth-order valence-electron chi connectivity index (χ4n) is 3.02. The molecular formula is C21H20N4O2. The van der Waals surface area contributed by atoms with Crippen molar-refractivity contribution in [1.29, 1.82) is 0 Å². The van der Waals surface area contributed by atoms with Crippen LogP contribution in [0.25, 0.3) is 22.4 Å². The maximum Gasteiger partial charge on any atom is 0.181 e. The van der Waals surface area contributed by atoms with Crippen molar-refractivity contribution in [3.63, 3.8) is 0 Å². The first-order valence-corrected chi connectivity index (χ1v) is 8.72. The van der Waals surface area contributed by atoms with Gasteiger partial charge in [0.25, 0.3) is 0 Å². The zero-order valence-electron chi connectivity index (χ0n) is 15.4. The lowest BCUT2D eigenvalue weighted by Gasteiger charge is -2.16. The van der Waals surface area contributed by atoms with Crippen LogP contribution in [0.4, 0.5) is 5.82 Å². The van der Waals surface area contributed by atoms with Gasteiger partial charge in [0.1, 0.15) is 22.9 Å². The summed E-state index contributed by atoms with van der Waals surface area (Å²) in [7, 11) is 1.67. The van der Waals surface area contributed by atoms with Crippen molar-refractivity contribution in [2.24, 2.45) is 0 Å². The second-order valence-electron chi connectivity index (χ2n) is 6.36. The van der Waals surface area contributed by atoms with Crippen molar-refractivity contribution < 1.29 is 9.15 Å². The standard InChI is InChI=1S/C21H20N4O2/c1-13(15-5-4-6-17(9-15)26-3)23-21-11-19(24-14(2)25-21)16-7-8-18-20(10-16)27-12-22-18/h4-13H,1-3H3,(H,23,24,25). The van der Waals surface area contributed by atoms with Crippen LogP contribution >= 0.6 is 0 Å². The Morgan fingerprint density at radius 1 is 1.07 bits per heavy atom. The number of nitrogens with one attached hydrogen (secondary N) is 1. The quantitative estimate of drug-likeness (QED) is 0.552. The lowest BCUT2D eigenvalue weighted by molar-refractivity contribution is 0.414. The molecule has 0 saturated heterocycles. The van der Waals surface area contributed by atoms with Gasteiger partial charge < -0.3 is 14.5 Å². The first-order chi connectivity index (χ1) is 13.1. The Bertz CT molecular complexity index is 1090. The fraction of sp³-hybridized carbons (Fsp3) is 0.190. The molecule has 4 aromatic rings. The number of aryl methyl sites for hydroxylation is 1. The van der Waals surface area contributed by atoms with Gasteiger partial charge in [-0.15, -0.1) is 0 Å². The van der Waals surface area contributed by atoms with Gasteiger partial charge in [0.05, 0.1) is 18.8 Å². The molecule has 0 radical (unpaired) electrons. The maximum absolute atomic E-state index is 5.40. The Morgan fingerprint density at radius 2 is 1.96 bits per heavy atom. The first-order valence-electron chi connectivity index (χ1n) is 8.72. The van der Waals surface area contributed by atoms with Gasteiger partial charge in [-0.2, -0.15) is 0 Å². The molecule has 0 aliphatic carbocycles. The van der Waals surface area contributed by atoms with Crippen LogP contribution in [-0.2, 0) is 0 Å². The molecule has 0 aliphatic heterocycles. The van der Waals surface area contributed by atoms with Crippen molar-refractivity contribution in [3.8, 4) is 17.0 Å². The number of aromatic nitrogens is 3. The molecule has 0 amide bonds. The number of hydrogen-bond donors (Lipinski definition) is 1. The molecule has 0 aliphatic rings. The van der Waals surface area contributed by atoms with Crippen molar-refractivity contribution >= 4 is 16.9 Å². The van der Waals surface area contributed by atoms with Crippen LogP contribution in [0.1, 0.15) is 24.4 Å². The van der Waals surface area contributed by atoms with E-state index in [4.69, 9.17) is 9.15 Å². The molecule has 1 N–H and O–H groups in total. The van der Waals surface area contributed by atoms with E-state index in [1.807, 2.05) is 49.4 Å². The molecule has 2 aromatic carbocycles. The summed E-state index contributed by atoms with van der Waals surface area (Å²) in [6.45, 7) is 3.98. The first kappa shape index (κ1) is 17.0. The number of anilines is 1. The Morgan fingerprint density at radius 3 is 2.81 bits per heavy atom. The summed E-state index contributed by atoms with van der Waals surface area (Å²) in [5, 5.41) is 3.45. The summed E-state index contributed by atoms with van der Waals surface area (Å²) < 4.78 is 10.7. The summed E-state index contributed by atoms with van der Waals surface area (Å²) in [6, 6.07) is 15.9. The molecule has 0 fully saturated rings. The van der Waals surface area contributed by atoms with Crippen LogP contribution in [0.5, 0.6) is 5.75 Å². The third-order valence-electron chi connectivity index (χ3n) is 4.42. The van der Waals surface area contributed by atoms with Gasteiger partial charge in [0.15, 0.2) is 12.0 Å². The van der Waals surface area contributed by atoms with Gasteiger partial charge in [-0.25, -0.2) is 15.0 Å². The highest BCUT2D eigenvalue weighted by Crippen LogP contribution is 2.26. The van der Waals surface area contributed by atoms with Crippen LogP contribution in [0.2, 0.25) is 0 Å². The van der Waals surface area contributed by atoms with Crippen molar-refractivity contribution in [1.82, 2.24) is 15.0 Å². The second-order valence-corrected chi connectivity index (χ2v) is 6.36. The average molecular weight is 360 g/mol. The van der Waals surface area contributed by atoms with E-state index in [1.165, 1.54) is 6.39 Å². The number of ether oxygens (including phenoxy) is 1. The van der Waals surface area contributed by atoms with Crippen molar-refractivity contribution in [2.75, 3.05) is 12.4 Å². The topological polar surface area (TPSA) is 73.1 Å². The average Bonchev–Trinajstić information content (AvgIpc) is 3.15. The van der Waals surface area contributed by atoms with Crippen LogP contribution in [-0.4, -0.2) is 22.1 Å². The minimum Gasteiger partial charge on any atom is -0.497 e. The molecule has 2 heterocycles. The van der Waals surface area contributed by atoms with E-state index in [2.05, 4.69) is 33.3 Å². The highest BCUT2D eigenvalue weighted by molar-refractivity contribution is 5.79. The number of hydrogen-bond acceptors (Lipinski definition) is 6. The largest absolute Gasteiger partial charge is 0.497 e. The lowest BCUT2D eigenvalue weighted by Crippen LogP contribution is -2.09. The molecule has 6 nitrogen and oxygen atoms in total. The Kier molecular flexibility index (Phi) is 4.46. The van der Waals surface area contributed by atoms with Gasteiger partial charge in [-0.05, 0) is 43.7 Å². The summed E-state index contributed by atoms with van der Waals surface area (Å²) in [4.78, 5) is 13.3. The molecule has 2 aromatic heterocycles. The summed E-state index contributed by atoms with van der Waals surface area (Å²) >= 11 is 0. The van der Waals surface area contributed by atoms with Crippen LogP contribution in [0.15, 0.2) is 59.3 Å². The molecule has 136 valence electrons. The Balaban J connectivity index is 1.63. The Hall–Kier alpha value is -3.41. The molecule has 0 spiro atoms. The fourth-order valence-corrected chi connectivity index (χ4v) is 3.02. The lowest BCUT2D eigenvalue weighted by atomic mass is 10.1. The van der Waals surface area contributed by atoms with E-state index < -0.39 is 0 Å². The summed E-state index contributed by atoms with van der Waals surface area (Å²) in [6.07, 6.45) is 1.45. The molecule has 0 bridgehead atoms. The van der Waals surface area contributed by atoms with E-state index in [1.54, 1.807) is 7.11 Å². The van der Waals surface area contributed by atoms with E-state index in [0.29, 0.717) is 5.82 Å². The SMILES string of the molecule is COc1cccc(C(C)Nc2cc(-c3ccc4ncoc4c3)nc(C)n2)c1. The van der Waals surface area contributed by atoms with E-state index in [9.17, 15) is 0 Å². The van der Waals surface area contributed by atoms with Gasteiger partial charge >= 0.3 is 0 Å². The minimum atomic E-state index is 0.0685. The predicted octanol–water partition coefficient (Wildman–Crippen LogP) is 4.77.